The SMILES string of the molecule is CCNc1nc(NCc2csc(=O)[nH]2)c2ccccc2n1. The maximum absolute atomic E-state index is 11.2. The van der Waals surface area contributed by atoms with Gasteiger partial charge in [0, 0.05) is 23.0 Å². The molecule has 2 heterocycles. The lowest BCUT2D eigenvalue weighted by Crippen LogP contribution is -2.08. The topological polar surface area (TPSA) is 82.7 Å². The van der Waals surface area contributed by atoms with Gasteiger partial charge in [-0.3, -0.25) is 4.79 Å². The van der Waals surface area contributed by atoms with E-state index in [-0.39, 0.29) is 4.87 Å². The van der Waals surface area contributed by atoms with E-state index >= 15 is 0 Å². The molecule has 0 aliphatic carbocycles. The number of para-hydroxylation sites is 1. The largest absolute Gasteiger partial charge is 0.364 e. The third kappa shape index (κ3) is 3.03. The lowest BCUT2D eigenvalue weighted by Gasteiger charge is -2.10. The Labute approximate surface area is 125 Å². The molecule has 0 bridgehead atoms. The predicted molar refractivity (Wildman–Crippen MR) is 86.0 cm³/mol. The maximum atomic E-state index is 11.2. The van der Waals surface area contributed by atoms with Gasteiger partial charge < -0.3 is 15.6 Å². The van der Waals surface area contributed by atoms with Crippen LogP contribution >= 0.6 is 11.3 Å². The second-order valence-corrected chi connectivity index (χ2v) is 5.31. The Balaban J connectivity index is 1.93. The van der Waals surface area contributed by atoms with Gasteiger partial charge >= 0.3 is 4.87 Å². The van der Waals surface area contributed by atoms with Gasteiger partial charge in [0.1, 0.15) is 5.82 Å². The van der Waals surface area contributed by atoms with E-state index in [9.17, 15) is 4.79 Å². The first-order chi connectivity index (χ1) is 10.3. The fraction of sp³-hybridized carbons (Fsp3) is 0.214. The zero-order chi connectivity index (χ0) is 14.7. The molecule has 0 unspecified atom stereocenters. The summed E-state index contributed by atoms with van der Waals surface area (Å²) in [5, 5.41) is 9.15. The molecular weight excluding hydrogens is 286 g/mol. The molecule has 0 saturated carbocycles. The van der Waals surface area contributed by atoms with Gasteiger partial charge in [0.05, 0.1) is 12.1 Å². The van der Waals surface area contributed by atoms with Gasteiger partial charge in [0.2, 0.25) is 5.95 Å². The number of aromatic nitrogens is 3. The number of anilines is 2. The zero-order valence-corrected chi connectivity index (χ0v) is 12.3. The van der Waals surface area contributed by atoms with Gasteiger partial charge in [-0.15, -0.1) is 0 Å². The summed E-state index contributed by atoms with van der Waals surface area (Å²) in [6.45, 7) is 3.28. The van der Waals surface area contributed by atoms with Crippen molar-refractivity contribution in [2.24, 2.45) is 0 Å². The normalized spacial score (nSPS) is 10.7. The van der Waals surface area contributed by atoms with Gasteiger partial charge in [-0.05, 0) is 19.1 Å². The van der Waals surface area contributed by atoms with E-state index in [1.165, 1.54) is 0 Å². The van der Waals surface area contributed by atoms with Crippen molar-refractivity contribution < 1.29 is 0 Å². The van der Waals surface area contributed by atoms with E-state index < -0.39 is 0 Å². The molecule has 2 aromatic heterocycles. The highest BCUT2D eigenvalue weighted by Gasteiger charge is 2.07. The second kappa shape index (κ2) is 5.92. The Kier molecular flexibility index (Phi) is 3.83. The van der Waals surface area contributed by atoms with Crippen LogP contribution in [0.4, 0.5) is 11.8 Å². The Morgan fingerprint density at radius 2 is 2.10 bits per heavy atom. The Morgan fingerprint density at radius 1 is 1.24 bits per heavy atom. The number of aromatic amines is 1. The predicted octanol–water partition coefficient (Wildman–Crippen LogP) is 2.42. The summed E-state index contributed by atoms with van der Waals surface area (Å²) in [5.41, 5.74) is 1.72. The third-order valence-electron chi connectivity index (χ3n) is 2.96. The summed E-state index contributed by atoms with van der Waals surface area (Å²) in [4.78, 5) is 22.8. The third-order valence-corrected chi connectivity index (χ3v) is 3.67. The molecule has 0 atom stereocenters. The van der Waals surface area contributed by atoms with Crippen molar-refractivity contribution in [1.82, 2.24) is 15.0 Å². The molecule has 0 amide bonds. The summed E-state index contributed by atoms with van der Waals surface area (Å²) < 4.78 is 0. The first-order valence-corrected chi connectivity index (χ1v) is 7.55. The van der Waals surface area contributed by atoms with Crippen molar-refractivity contribution in [1.29, 1.82) is 0 Å². The number of fused-ring (bicyclic) bond motifs is 1. The quantitative estimate of drug-likeness (QED) is 0.674. The van der Waals surface area contributed by atoms with Crippen LogP contribution in [-0.4, -0.2) is 21.5 Å². The van der Waals surface area contributed by atoms with Crippen molar-refractivity contribution in [3.63, 3.8) is 0 Å². The fourth-order valence-electron chi connectivity index (χ4n) is 2.03. The monoisotopic (exact) mass is 301 g/mol. The smallest absolute Gasteiger partial charge is 0.304 e. The van der Waals surface area contributed by atoms with E-state index in [1.54, 1.807) is 0 Å². The van der Waals surface area contributed by atoms with Crippen LogP contribution in [0.15, 0.2) is 34.4 Å². The number of nitrogens with one attached hydrogen (secondary N) is 3. The molecule has 0 aliphatic rings. The van der Waals surface area contributed by atoms with Crippen molar-refractivity contribution in [3.8, 4) is 0 Å². The van der Waals surface area contributed by atoms with Gasteiger partial charge in [-0.2, -0.15) is 4.98 Å². The van der Waals surface area contributed by atoms with Crippen LogP contribution in [0.5, 0.6) is 0 Å². The van der Waals surface area contributed by atoms with Gasteiger partial charge in [0.25, 0.3) is 0 Å². The number of thiazole rings is 1. The van der Waals surface area contributed by atoms with Crippen LogP contribution in [0.3, 0.4) is 0 Å². The molecule has 108 valence electrons. The van der Waals surface area contributed by atoms with E-state index in [4.69, 9.17) is 0 Å². The number of rotatable bonds is 5. The first-order valence-electron chi connectivity index (χ1n) is 6.67. The molecule has 3 rings (SSSR count). The Hall–Kier alpha value is -2.41. The minimum absolute atomic E-state index is 0.0484. The Bertz CT molecular complexity index is 810. The number of H-pyrrole nitrogens is 1. The van der Waals surface area contributed by atoms with E-state index in [2.05, 4.69) is 25.6 Å². The zero-order valence-electron chi connectivity index (χ0n) is 11.5. The highest BCUT2D eigenvalue weighted by molar-refractivity contribution is 7.07. The lowest BCUT2D eigenvalue weighted by atomic mass is 10.2. The highest BCUT2D eigenvalue weighted by atomic mass is 32.1. The van der Waals surface area contributed by atoms with Crippen LogP contribution in [-0.2, 0) is 6.54 Å². The maximum Gasteiger partial charge on any atom is 0.304 e. The first kappa shape index (κ1) is 13.6. The van der Waals surface area contributed by atoms with E-state index in [0.29, 0.717) is 12.5 Å². The molecule has 0 saturated heterocycles. The summed E-state index contributed by atoms with van der Waals surface area (Å²) >= 11 is 1.16. The Morgan fingerprint density at radius 3 is 2.86 bits per heavy atom. The highest BCUT2D eigenvalue weighted by Crippen LogP contribution is 2.22. The molecular formula is C14H15N5OS. The minimum Gasteiger partial charge on any atom is -0.364 e. The molecule has 0 fully saturated rings. The average Bonchev–Trinajstić information content (AvgIpc) is 2.91. The van der Waals surface area contributed by atoms with Crippen LogP contribution in [0.25, 0.3) is 10.9 Å². The summed E-state index contributed by atoms with van der Waals surface area (Å²) in [5.74, 6) is 1.35. The molecule has 0 radical (unpaired) electrons. The van der Waals surface area contributed by atoms with E-state index in [1.807, 2.05) is 36.6 Å². The second-order valence-electron chi connectivity index (χ2n) is 4.47. The van der Waals surface area contributed by atoms with Crippen LogP contribution in [0.1, 0.15) is 12.6 Å². The van der Waals surface area contributed by atoms with Crippen LogP contribution in [0.2, 0.25) is 0 Å². The molecule has 3 N–H and O–H groups in total. The molecule has 3 aromatic rings. The minimum atomic E-state index is -0.0484. The van der Waals surface area contributed by atoms with Crippen molar-refractivity contribution in [2.45, 2.75) is 13.5 Å². The van der Waals surface area contributed by atoms with Crippen molar-refractivity contribution in [2.75, 3.05) is 17.2 Å². The average molecular weight is 301 g/mol. The standard InChI is InChI=1S/C14H15N5OS/c1-2-15-13-18-11-6-4-3-5-10(11)12(19-13)16-7-9-8-21-14(20)17-9/h3-6,8H,2,7H2,1H3,(H,17,20)(H2,15,16,18,19). The van der Waals surface area contributed by atoms with E-state index in [0.717, 1.165) is 40.3 Å². The number of hydrogen-bond donors (Lipinski definition) is 3. The summed E-state index contributed by atoms with van der Waals surface area (Å²) in [7, 11) is 0. The number of hydrogen-bond acceptors (Lipinski definition) is 6. The van der Waals surface area contributed by atoms with Crippen molar-refractivity contribution in [3.05, 3.63) is 45.0 Å². The molecule has 21 heavy (non-hydrogen) atoms. The molecule has 7 heteroatoms. The van der Waals surface area contributed by atoms with Gasteiger partial charge in [-0.25, -0.2) is 4.98 Å². The van der Waals surface area contributed by atoms with Crippen LogP contribution in [0, 0.1) is 0 Å². The summed E-state index contributed by atoms with van der Waals surface area (Å²) in [6, 6.07) is 7.83. The lowest BCUT2D eigenvalue weighted by molar-refractivity contribution is 1.03. The van der Waals surface area contributed by atoms with Gasteiger partial charge in [-0.1, -0.05) is 23.5 Å². The summed E-state index contributed by atoms with van der Waals surface area (Å²) in [6.07, 6.45) is 0. The van der Waals surface area contributed by atoms with Crippen molar-refractivity contribution >= 4 is 34.0 Å². The fourth-order valence-corrected chi connectivity index (χ4v) is 2.61. The molecule has 6 nitrogen and oxygen atoms in total. The number of benzene rings is 1. The molecule has 1 aromatic carbocycles. The van der Waals surface area contributed by atoms with Crippen LogP contribution < -0.4 is 15.5 Å². The van der Waals surface area contributed by atoms with Gasteiger partial charge in [0.15, 0.2) is 0 Å². The molecule has 0 spiro atoms. The number of nitrogens with zero attached hydrogens (tertiary/aromatic N) is 2. The molecule has 0 aliphatic heterocycles.